The third-order valence-corrected chi connectivity index (χ3v) is 3.20. The third kappa shape index (κ3) is 3.50. The maximum Gasteiger partial charge on any atom is 0.167 e. The first kappa shape index (κ1) is 9.44. The Labute approximate surface area is 70.2 Å². The second kappa shape index (κ2) is 3.84. The fourth-order valence-corrected chi connectivity index (χ4v) is 1.83. The Kier molecular flexibility index (Phi) is 3.29. The molecule has 1 heterocycles. The Hall–Kier alpha value is 0.350. The molecule has 1 aliphatic heterocycles. The van der Waals surface area contributed by atoms with E-state index in [0.29, 0.717) is 5.41 Å². The maximum absolute atomic E-state index is 5.46. The molecule has 0 bridgehead atoms. The van der Waals surface area contributed by atoms with E-state index in [1.807, 2.05) is 6.66 Å². The molecule has 0 unspecified atom stereocenters. The van der Waals surface area contributed by atoms with Crippen molar-refractivity contribution >= 4 is 8.38 Å². The van der Waals surface area contributed by atoms with Gasteiger partial charge in [0.05, 0.1) is 13.2 Å². The Morgan fingerprint density at radius 1 is 1.09 bits per heavy atom. The number of hydrogen-bond donors (Lipinski definition) is 0. The molecule has 0 aromatic carbocycles. The Morgan fingerprint density at radius 2 is 1.55 bits per heavy atom. The van der Waals surface area contributed by atoms with E-state index in [0.717, 1.165) is 26.1 Å². The normalized spacial score (nSPS) is 27.5. The highest BCUT2D eigenvalue weighted by atomic mass is 31.2. The van der Waals surface area contributed by atoms with Gasteiger partial charge in [0.25, 0.3) is 0 Å². The molecule has 66 valence electrons. The summed E-state index contributed by atoms with van der Waals surface area (Å²) in [4.78, 5) is 0. The monoisotopic (exact) mass is 176 g/mol. The summed E-state index contributed by atoms with van der Waals surface area (Å²) in [7, 11) is -0.577. The second-order valence-corrected chi connectivity index (χ2v) is 5.17. The molecule has 1 fully saturated rings. The highest BCUT2D eigenvalue weighted by Crippen LogP contribution is 2.39. The second-order valence-electron chi connectivity index (χ2n) is 3.77. The summed E-state index contributed by atoms with van der Waals surface area (Å²) < 4.78 is 10.9. The van der Waals surface area contributed by atoms with Gasteiger partial charge in [-0.3, -0.25) is 0 Å². The maximum atomic E-state index is 5.46. The topological polar surface area (TPSA) is 18.5 Å². The standard InChI is InChI=1S/C8H17O2P/c1-8(2)4-6-9-11(3)10-7-5-8/h4-7H2,1-3H3. The van der Waals surface area contributed by atoms with E-state index in [9.17, 15) is 0 Å². The SMILES string of the molecule is CP1OCCC(C)(C)CCO1. The molecule has 0 saturated carbocycles. The zero-order valence-corrected chi connectivity index (χ0v) is 8.49. The summed E-state index contributed by atoms with van der Waals surface area (Å²) in [6.07, 6.45) is 2.31. The average Bonchev–Trinajstić information content (AvgIpc) is 1.83. The molecule has 0 aliphatic carbocycles. The molecule has 0 spiro atoms. The van der Waals surface area contributed by atoms with Gasteiger partial charge in [0, 0.05) is 6.66 Å². The van der Waals surface area contributed by atoms with E-state index in [1.165, 1.54) is 0 Å². The fourth-order valence-electron chi connectivity index (χ4n) is 1.06. The van der Waals surface area contributed by atoms with Crippen molar-refractivity contribution in [3.8, 4) is 0 Å². The third-order valence-electron chi connectivity index (χ3n) is 2.10. The van der Waals surface area contributed by atoms with E-state index in [-0.39, 0.29) is 0 Å². The number of rotatable bonds is 0. The molecule has 0 amide bonds. The molecule has 1 aliphatic rings. The van der Waals surface area contributed by atoms with Crippen LogP contribution in [0.1, 0.15) is 26.7 Å². The summed E-state index contributed by atoms with van der Waals surface area (Å²) in [5.41, 5.74) is 0.399. The van der Waals surface area contributed by atoms with Crippen molar-refractivity contribution in [1.29, 1.82) is 0 Å². The Balaban J connectivity index is 2.35. The van der Waals surface area contributed by atoms with Crippen molar-refractivity contribution in [2.24, 2.45) is 5.41 Å². The molecule has 0 radical (unpaired) electrons. The summed E-state index contributed by atoms with van der Waals surface area (Å²) in [6.45, 7) is 8.27. The zero-order valence-electron chi connectivity index (χ0n) is 7.59. The van der Waals surface area contributed by atoms with E-state index < -0.39 is 8.38 Å². The minimum atomic E-state index is -0.577. The van der Waals surface area contributed by atoms with E-state index in [4.69, 9.17) is 9.05 Å². The fraction of sp³-hybridized carbons (Fsp3) is 1.00. The first-order valence-corrected chi connectivity index (χ1v) is 5.72. The molecule has 3 heteroatoms. The van der Waals surface area contributed by atoms with Crippen molar-refractivity contribution in [2.45, 2.75) is 26.7 Å². The highest BCUT2D eigenvalue weighted by molar-refractivity contribution is 7.46. The minimum absolute atomic E-state index is 0.399. The first-order chi connectivity index (χ1) is 5.10. The van der Waals surface area contributed by atoms with Gasteiger partial charge in [-0.25, -0.2) is 0 Å². The lowest BCUT2D eigenvalue weighted by Crippen LogP contribution is -2.18. The lowest BCUT2D eigenvalue weighted by Gasteiger charge is -2.28. The molecular formula is C8H17O2P. The molecular weight excluding hydrogens is 159 g/mol. The van der Waals surface area contributed by atoms with Crippen LogP contribution in [0.3, 0.4) is 0 Å². The van der Waals surface area contributed by atoms with Crippen molar-refractivity contribution in [1.82, 2.24) is 0 Å². The summed E-state index contributed by atoms with van der Waals surface area (Å²) in [5, 5.41) is 0. The van der Waals surface area contributed by atoms with Crippen LogP contribution in [0.2, 0.25) is 0 Å². The van der Waals surface area contributed by atoms with E-state index in [2.05, 4.69) is 13.8 Å². The van der Waals surface area contributed by atoms with Gasteiger partial charge in [-0.1, -0.05) is 13.8 Å². The van der Waals surface area contributed by atoms with Crippen LogP contribution in [0.5, 0.6) is 0 Å². The van der Waals surface area contributed by atoms with Gasteiger partial charge in [0.2, 0.25) is 0 Å². The van der Waals surface area contributed by atoms with E-state index >= 15 is 0 Å². The quantitative estimate of drug-likeness (QED) is 0.528. The van der Waals surface area contributed by atoms with Gasteiger partial charge in [0.1, 0.15) is 0 Å². The molecule has 11 heavy (non-hydrogen) atoms. The highest BCUT2D eigenvalue weighted by Gasteiger charge is 2.21. The molecule has 0 aromatic rings. The molecule has 0 N–H and O–H groups in total. The van der Waals surface area contributed by atoms with Gasteiger partial charge in [-0.05, 0) is 18.3 Å². The lowest BCUT2D eigenvalue weighted by atomic mass is 9.86. The number of hydrogen-bond acceptors (Lipinski definition) is 2. The van der Waals surface area contributed by atoms with Crippen LogP contribution < -0.4 is 0 Å². The van der Waals surface area contributed by atoms with Crippen molar-refractivity contribution < 1.29 is 9.05 Å². The van der Waals surface area contributed by atoms with Crippen LogP contribution in [0.4, 0.5) is 0 Å². The Morgan fingerprint density at radius 3 is 2.00 bits per heavy atom. The lowest BCUT2D eigenvalue weighted by molar-refractivity contribution is 0.143. The van der Waals surface area contributed by atoms with Crippen molar-refractivity contribution in [2.75, 3.05) is 19.9 Å². The molecule has 0 atom stereocenters. The predicted octanol–water partition coefficient (Wildman–Crippen LogP) is 2.78. The van der Waals surface area contributed by atoms with Crippen LogP contribution in [-0.2, 0) is 9.05 Å². The van der Waals surface area contributed by atoms with Gasteiger partial charge >= 0.3 is 0 Å². The predicted molar refractivity (Wildman–Crippen MR) is 47.8 cm³/mol. The molecule has 2 nitrogen and oxygen atoms in total. The first-order valence-electron chi connectivity index (χ1n) is 4.10. The average molecular weight is 176 g/mol. The van der Waals surface area contributed by atoms with Gasteiger partial charge in [0.15, 0.2) is 8.38 Å². The zero-order chi connectivity index (χ0) is 8.32. The van der Waals surface area contributed by atoms with Crippen LogP contribution in [-0.4, -0.2) is 19.9 Å². The van der Waals surface area contributed by atoms with Crippen LogP contribution >= 0.6 is 8.38 Å². The summed E-state index contributed by atoms with van der Waals surface area (Å²) >= 11 is 0. The van der Waals surface area contributed by atoms with Crippen molar-refractivity contribution in [3.63, 3.8) is 0 Å². The molecule has 1 saturated heterocycles. The molecule has 1 rings (SSSR count). The van der Waals surface area contributed by atoms with Gasteiger partial charge in [-0.15, -0.1) is 0 Å². The largest absolute Gasteiger partial charge is 0.334 e. The van der Waals surface area contributed by atoms with Crippen LogP contribution in [0.25, 0.3) is 0 Å². The van der Waals surface area contributed by atoms with Gasteiger partial charge < -0.3 is 9.05 Å². The summed E-state index contributed by atoms with van der Waals surface area (Å²) in [5.74, 6) is 0. The Bertz CT molecular complexity index is 113. The smallest absolute Gasteiger partial charge is 0.167 e. The van der Waals surface area contributed by atoms with E-state index in [1.54, 1.807) is 0 Å². The van der Waals surface area contributed by atoms with Crippen LogP contribution in [0.15, 0.2) is 0 Å². The van der Waals surface area contributed by atoms with Gasteiger partial charge in [-0.2, -0.15) is 0 Å². The summed E-state index contributed by atoms with van der Waals surface area (Å²) in [6, 6.07) is 0. The molecule has 0 aromatic heterocycles. The minimum Gasteiger partial charge on any atom is -0.334 e. The van der Waals surface area contributed by atoms with Crippen LogP contribution in [0, 0.1) is 5.41 Å². The van der Waals surface area contributed by atoms with Crippen molar-refractivity contribution in [3.05, 3.63) is 0 Å².